The summed E-state index contributed by atoms with van der Waals surface area (Å²) in [5.41, 5.74) is 0.735. The molecule has 0 aromatic carbocycles. The summed E-state index contributed by atoms with van der Waals surface area (Å²) in [6.45, 7) is -0.329. The number of aliphatic hydroxyl groups is 1. The molecule has 7 nitrogen and oxygen atoms in total. The number of hydrogen-bond acceptors (Lipinski definition) is 4. The van der Waals surface area contributed by atoms with Gasteiger partial charge in [0, 0.05) is 19.3 Å². The first kappa shape index (κ1) is 12.9. The average Bonchev–Trinajstić information content (AvgIpc) is 2.68. The van der Waals surface area contributed by atoms with Crippen LogP contribution in [0.4, 0.5) is 0 Å². The summed E-state index contributed by atoms with van der Waals surface area (Å²) < 4.78 is 1.58. The Bertz CT molecular complexity index is 439. The van der Waals surface area contributed by atoms with Crippen molar-refractivity contribution in [2.24, 2.45) is 7.05 Å². The van der Waals surface area contributed by atoms with Gasteiger partial charge in [0.15, 0.2) is 6.10 Å². The predicted octanol–water partition coefficient (Wildman–Crippen LogP) is -1.01. The van der Waals surface area contributed by atoms with Crippen LogP contribution in [-0.4, -0.2) is 44.5 Å². The summed E-state index contributed by atoms with van der Waals surface area (Å²) in [7, 11) is 1.73. The summed E-state index contributed by atoms with van der Waals surface area (Å²) in [6.07, 6.45) is 2.77. The summed E-state index contributed by atoms with van der Waals surface area (Å²) in [5, 5.41) is 23.5. The molecule has 0 aliphatic carbocycles. The van der Waals surface area contributed by atoms with Gasteiger partial charge in [0.25, 0.3) is 0 Å². The van der Waals surface area contributed by atoms with Crippen molar-refractivity contribution in [3.8, 4) is 0 Å². The van der Waals surface area contributed by atoms with E-state index in [0.717, 1.165) is 5.69 Å². The number of carbonyl (C=O) groups excluding carboxylic acids is 1. The maximum absolute atomic E-state index is 11.2. The second kappa shape index (κ2) is 5.80. The molecule has 1 aromatic heterocycles. The molecule has 0 aliphatic heterocycles. The maximum atomic E-state index is 11.2. The summed E-state index contributed by atoms with van der Waals surface area (Å²) >= 11 is 0. The fourth-order valence-corrected chi connectivity index (χ4v) is 1.05. The highest BCUT2D eigenvalue weighted by Gasteiger charge is 2.12. The van der Waals surface area contributed by atoms with Crippen LogP contribution in [0.3, 0.4) is 0 Å². The monoisotopic (exact) mass is 239 g/mol. The Morgan fingerprint density at radius 2 is 2.35 bits per heavy atom. The van der Waals surface area contributed by atoms with Crippen LogP contribution in [0.15, 0.2) is 18.3 Å². The number of aliphatic carboxylic acids is 1. The molecular weight excluding hydrogens is 226 g/mol. The fourth-order valence-electron chi connectivity index (χ4n) is 1.05. The van der Waals surface area contributed by atoms with Crippen LogP contribution in [0.2, 0.25) is 0 Å². The van der Waals surface area contributed by atoms with Gasteiger partial charge in [-0.05, 0) is 12.1 Å². The Morgan fingerprint density at radius 1 is 1.65 bits per heavy atom. The molecule has 0 unspecified atom stereocenters. The van der Waals surface area contributed by atoms with Gasteiger partial charge in [-0.25, -0.2) is 4.79 Å². The summed E-state index contributed by atoms with van der Waals surface area (Å²) in [4.78, 5) is 21.5. The molecule has 0 aliphatic rings. The standard InChI is InChI=1S/C10H13N3O4/c1-13-7(4-5-12-13)2-3-9(15)11-6-8(14)10(16)17/h2-5,8,14H,6H2,1H3,(H,11,15)(H,16,17)/b3-2+/t8-/m0/s1. The van der Waals surface area contributed by atoms with E-state index in [-0.39, 0.29) is 6.54 Å². The molecule has 7 heteroatoms. The van der Waals surface area contributed by atoms with E-state index in [4.69, 9.17) is 10.2 Å². The number of aliphatic hydroxyl groups excluding tert-OH is 1. The van der Waals surface area contributed by atoms with Gasteiger partial charge in [-0.3, -0.25) is 9.48 Å². The molecule has 0 bridgehead atoms. The maximum Gasteiger partial charge on any atom is 0.334 e. The second-order valence-corrected chi connectivity index (χ2v) is 3.31. The predicted molar refractivity (Wildman–Crippen MR) is 58.9 cm³/mol. The third-order valence-corrected chi connectivity index (χ3v) is 2.02. The molecule has 0 saturated heterocycles. The highest BCUT2D eigenvalue weighted by molar-refractivity contribution is 5.91. The van der Waals surface area contributed by atoms with Crippen LogP contribution in [0.25, 0.3) is 6.08 Å². The summed E-state index contributed by atoms with van der Waals surface area (Å²) in [6, 6.07) is 1.72. The average molecular weight is 239 g/mol. The van der Waals surface area contributed by atoms with Gasteiger partial charge in [-0.2, -0.15) is 5.10 Å². The van der Waals surface area contributed by atoms with E-state index in [1.807, 2.05) is 0 Å². The van der Waals surface area contributed by atoms with Gasteiger partial charge in [0.1, 0.15) is 0 Å². The van der Waals surface area contributed by atoms with Crippen molar-refractivity contribution in [2.45, 2.75) is 6.10 Å². The minimum atomic E-state index is -1.59. The first-order chi connectivity index (χ1) is 8.00. The van der Waals surface area contributed by atoms with Gasteiger partial charge >= 0.3 is 5.97 Å². The zero-order chi connectivity index (χ0) is 12.8. The number of aromatic nitrogens is 2. The Labute approximate surface area is 97.4 Å². The van der Waals surface area contributed by atoms with Crippen LogP contribution < -0.4 is 5.32 Å². The Balaban J connectivity index is 2.43. The van der Waals surface area contributed by atoms with Crippen molar-refractivity contribution in [1.29, 1.82) is 0 Å². The number of carbonyl (C=O) groups is 2. The number of hydrogen-bond donors (Lipinski definition) is 3. The first-order valence-corrected chi connectivity index (χ1v) is 4.85. The van der Waals surface area contributed by atoms with E-state index in [2.05, 4.69) is 10.4 Å². The molecule has 17 heavy (non-hydrogen) atoms. The quantitative estimate of drug-likeness (QED) is 0.571. The van der Waals surface area contributed by atoms with Crippen LogP contribution in [0, 0.1) is 0 Å². The number of amides is 1. The zero-order valence-corrected chi connectivity index (χ0v) is 9.20. The number of carboxylic acid groups (broad SMARTS) is 1. The Kier molecular flexibility index (Phi) is 4.41. The minimum absolute atomic E-state index is 0.329. The van der Waals surface area contributed by atoms with E-state index in [1.54, 1.807) is 24.0 Å². The number of nitrogens with one attached hydrogen (secondary N) is 1. The first-order valence-electron chi connectivity index (χ1n) is 4.85. The van der Waals surface area contributed by atoms with Crippen molar-refractivity contribution in [3.05, 3.63) is 24.0 Å². The smallest absolute Gasteiger partial charge is 0.334 e. The lowest BCUT2D eigenvalue weighted by Crippen LogP contribution is -2.35. The van der Waals surface area contributed by atoms with Gasteiger partial charge in [0.05, 0.1) is 12.2 Å². The normalized spacial score (nSPS) is 12.6. The molecule has 3 N–H and O–H groups in total. The van der Waals surface area contributed by atoms with E-state index >= 15 is 0 Å². The van der Waals surface area contributed by atoms with Crippen LogP contribution in [0.1, 0.15) is 5.69 Å². The lowest BCUT2D eigenvalue weighted by atomic mass is 10.3. The number of nitrogens with zero attached hydrogens (tertiary/aromatic N) is 2. The minimum Gasteiger partial charge on any atom is -0.479 e. The molecule has 92 valence electrons. The molecule has 1 amide bonds. The van der Waals surface area contributed by atoms with Gasteiger partial charge < -0.3 is 15.5 Å². The van der Waals surface area contributed by atoms with Crippen molar-refractivity contribution in [2.75, 3.05) is 6.54 Å². The largest absolute Gasteiger partial charge is 0.479 e. The zero-order valence-electron chi connectivity index (χ0n) is 9.20. The lowest BCUT2D eigenvalue weighted by Gasteiger charge is -2.05. The summed E-state index contributed by atoms with van der Waals surface area (Å²) in [5.74, 6) is -1.85. The number of aryl methyl sites for hydroxylation is 1. The van der Waals surface area contributed by atoms with E-state index < -0.39 is 18.0 Å². The van der Waals surface area contributed by atoms with Crippen molar-refractivity contribution in [1.82, 2.24) is 15.1 Å². The molecule has 0 spiro atoms. The number of rotatable bonds is 5. The fraction of sp³-hybridized carbons (Fsp3) is 0.300. The molecule has 0 radical (unpaired) electrons. The van der Waals surface area contributed by atoms with E-state index in [1.165, 1.54) is 12.2 Å². The third-order valence-electron chi connectivity index (χ3n) is 2.02. The molecule has 0 fully saturated rings. The van der Waals surface area contributed by atoms with Crippen LogP contribution in [0.5, 0.6) is 0 Å². The van der Waals surface area contributed by atoms with Crippen LogP contribution in [-0.2, 0) is 16.6 Å². The topological polar surface area (TPSA) is 104 Å². The molecule has 1 heterocycles. The van der Waals surface area contributed by atoms with Crippen molar-refractivity contribution < 1.29 is 19.8 Å². The third kappa shape index (κ3) is 4.07. The van der Waals surface area contributed by atoms with Gasteiger partial charge in [0.2, 0.25) is 5.91 Å². The van der Waals surface area contributed by atoms with E-state index in [9.17, 15) is 9.59 Å². The van der Waals surface area contributed by atoms with Crippen LogP contribution >= 0.6 is 0 Å². The lowest BCUT2D eigenvalue weighted by molar-refractivity contribution is -0.146. The molecular formula is C10H13N3O4. The Hall–Kier alpha value is -2.15. The molecule has 1 rings (SSSR count). The second-order valence-electron chi connectivity index (χ2n) is 3.31. The van der Waals surface area contributed by atoms with Crippen molar-refractivity contribution >= 4 is 18.0 Å². The highest BCUT2D eigenvalue weighted by Crippen LogP contribution is 1.98. The van der Waals surface area contributed by atoms with Gasteiger partial charge in [-0.15, -0.1) is 0 Å². The molecule has 1 aromatic rings. The Morgan fingerprint density at radius 3 is 2.88 bits per heavy atom. The van der Waals surface area contributed by atoms with Gasteiger partial charge in [-0.1, -0.05) is 0 Å². The molecule has 0 saturated carbocycles. The van der Waals surface area contributed by atoms with E-state index in [0.29, 0.717) is 0 Å². The molecule has 1 atom stereocenters. The van der Waals surface area contributed by atoms with Crippen molar-refractivity contribution in [3.63, 3.8) is 0 Å². The SMILES string of the molecule is Cn1nccc1/C=C/C(=O)NC[C@H](O)C(=O)O. The highest BCUT2D eigenvalue weighted by atomic mass is 16.4. The number of carboxylic acids is 1.